The van der Waals surface area contributed by atoms with Gasteiger partial charge in [0.05, 0.1) is 24.5 Å². The normalized spacial score (nSPS) is 10.6. The molecule has 0 aliphatic carbocycles. The molecule has 0 aliphatic heterocycles. The number of nitrogens with one attached hydrogen (secondary N) is 2. The van der Waals surface area contributed by atoms with Crippen molar-refractivity contribution in [2.24, 2.45) is 0 Å². The maximum absolute atomic E-state index is 4.39. The van der Waals surface area contributed by atoms with Crippen LogP contribution in [0.2, 0.25) is 0 Å². The summed E-state index contributed by atoms with van der Waals surface area (Å²) in [7, 11) is 0. The maximum Gasteiger partial charge on any atom is 0.0594 e. The number of pyridine rings is 2. The van der Waals surface area contributed by atoms with Crippen molar-refractivity contribution in [2.45, 2.75) is 13.1 Å². The Labute approximate surface area is 152 Å². The van der Waals surface area contributed by atoms with Crippen LogP contribution in [0.15, 0.2) is 85.2 Å². The number of hydrogen-bond acceptors (Lipinski definition) is 4. The summed E-state index contributed by atoms with van der Waals surface area (Å²) in [5.41, 5.74) is 4.22. The van der Waals surface area contributed by atoms with E-state index in [-0.39, 0.29) is 0 Å². The number of rotatable bonds is 6. The average Bonchev–Trinajstić information content (AvgIpc) is 2.72. The number of benzene rings is 2. The molecule has 0 spiro atoms. The van der Waals surface area contributed by atoms with E-state index in [9.17, 15) is 0 Å². The zero-order valence-electron chi connectivity index (χ0n) is 14.4. The van der Waals surface area contributed by atoms with E-state index >= 15 is 0 Å². The molecule has 4 nitrogen and oxygen atoms in total. The molecule has 2 N–H and O–H groups in total. The second kappa shape index (κ2) is 7.66. The molecule has 128 valence electrons. The Balaban J connectivity index is 1.61. The number of hydrogen-bond donors (Lipinski definition) is 2. The van der Waals surface area contributed by atoms with Crippen LogP contribution in [0.4, 0.5) is 11.4 Å². The molecule has 0 fully saturated rings. The summed E-state index contributed by atoms with van der Waals surface area (Å²) in [5.74, 6) is 0. The number of aromatic nitrogens is 2. The van der Waals surface area contributed by atoms with E-state index in [2.05, 4.69) is 57.0 Å². The first-order chi connectivity index (χ1) is 12.9. The lowest BCUT2D eigenvalue weighted by Gasteiger charge is -2.15. The molecule has 0 saturated carbocycles. The lowest BCUT2D eigenvalue weighted by atomic mass is 10.1. The molecule has 0 saturated heterocycles. The molecule has 0 amide bonds. The van der Waals surface area contributed by atoms with Crippen LogP contribution < -0.4 is 10.6 Å². The van der Waals surface area contributed by atoms with E-state index in [1.54, 1.807) is 0 Å². The second-order valence-corrected chi connectivity index (χ2v) is 6.06. The number of fused-ring (bicyclic) bond motifs is 1. The lowest BCUT2D eigenvalue weighted by molar-refractivity contribution is 1.04. The van der Waals surface area contributed by atoms with Gasteiger partial charge in [-0.15, -0.1) is 0 Å². The van der Waals surface area contributed by atoms with Gasteiger partial charge in [0.25, 0.3) is 0 Å². The van der Waals surface area contributed by atoms with Crippen LogP contribution in [0.3, 0.4) is 0 Å². The summed E-state index contributed by atoms with van der Waals surface area (Å²) in [6.45, 7) is 1.38. The van der Waals surface area contributed by atoms with E-state index in [1.165, 1.54) is 10.8 Å². The molecule has 4 aromatic rings. The molecule has 4 heteroatoms. The fourth-order valence-electron chi connectivity index (χ4n) is 3.01. The fraction of sp³-hybridized carbons (Fsp3) is 0.0909. The van der Waals surface area contributed by atoms with Gasteiger partial charge in [0.1, 0.15) is 0 Å². The van der Waals surface area contributed by atoms with Crippen LogP contribution >= 0.6 is 0 Å². The van der Waals surface area contributed by atoms with Crippen molar-refractivity contribution in [3.05, 3.63) is 96.6 Å². The van der Waals surface area contributed by atoms with Crippen molar-refractivity contribution in [3.8, 4) is 0 Å². The molecule has 2 aromatic heterocycles. The SMILES string of the molecule is c1ccc(CNc2cccc3cccc(NCc4ccccn4)c23)nc1. The minimum atomic E-state index is 0.689. The largest absolute Gasteiger partial charge is 0.379 e. The minimum absolute atomic E-state index is 0.689. The Kier molecular flexibility index (Phi) is 4.74. The topological polar surface area (TPSA) is 49.8 Å². The zero-order chi connectivity index (χ0) is 17.6. The first-order valence-corrected chi connectivity index (χ1v) is 8.69. The van der Waals surface area contributed by atoms with E-state index in [1.807, 2.05) is 48.8 Å². The van der Waals surface area contributed by atoms with Crippen molar-refractivity contribution in [1.82, 2.24) is 9.97 Å². The van der Waals surface area contributed by atoms with E-state index < -0.39 is 0 Å². The maximum atomic E-state index is 4.39. The smallest absolute Gasteiger partial charge is 0.0594 e. The van der Waals surface area contributed by atoms with Gasteiger partial charge in [-0.3, -0.25) is 9.97 Å². The highest BCUT2D eigenvalue weighted by molar-refractivity contribution is 6.03. The van der Waals surface area contributed by atoms with Gasteiger partial charge in [-0.1, -0.05) is 36.4 Å². The van der Waals surface area contributed by atoms with Gasteiger partial charge in [0.15, 0.2) is 0 Å². The quantitative estimate of drug-likeness (QED) is 0.526. The average molecular weight is 340 g/mol. The molecular formula is C22H20N4. The second-order valence-electron chi connectivity index (χ2n) is 6.06. The van der Waals surface area contributed by atoms with Crippen LogP contribution in [-0.2, 0) is 13.1 Å². The van der Waals surface area contributed by atoms with Gasteiger partial charge >= 0.3 is 0 Å². The molecule has 0 unspecified atom stereocenters. The highest BCUT2D eigenvalue weighted by atomic mass is 14.9. The third-order valence-electron chi connectivity index (χ3n) is 4.28. The molecule has 0 bridgehead atoms. The monoisotopic (exact) mass is 340 g/mol. The Morgan fingerprint density at radius 3 is 1.58 bits per heavy atom. The highest BCUT2D eigenvalue weighted by Gasteiger charge is 2.07. The van der Waals surface area contributed by atoms with Crippen LogP contribution in [0.25, 0.3) is 10.8 Å². The Hall–Kier alpha value is -3.40. The third-order valence-corrected chi connectivity index (χ3v) is 4.28. The van der Waals surface area contributed by atoms with Crippen molar-refractivity contribution in [3.63, 3.8) is 0 Å². The first-order valence-electron chi connectivity index (χ1n) is 8.69. The first kappa shape index (κ1) is 16.1. The summed E-state index contributed by atoms with van der Waals surface area (Å²) >= 11 is 0. The number of anilines is 2. The van der Waals surface area contributed by atoms with Gasteiger partial charge in [-0.2, -0.15) is 0 Å². The van der Waals surface area contributed by atoms with Crippen LogP contribution in [0, 0.1) is 0 Å². The zero-order valence-corrected chi connectivity index (χ0v) is 14.4. The van der Waals surface area contributed by atoms with Crippen LogP contribution in [0.1, 0.15) is 11.4 Å². The third kappa shape index (κ3) is 3.64. The Morgan fingerprint density at radius 1 is 0.577 bits per heavy atom. The van der Waals surface area contributed by atoms with Crippen LogP contribution in [-0.4, -0.2) is 9.97 Å². The van der Waals surface area contributed by atoms with E-state index in [4.69, 9.17) is 0 Å². The van der Waals surface area contributed by atoms with E-state index in [0.29, 0.717) is 13.1 Å². The fourth-order valence-corrected chi connectivity index (χ4v) is 3.01. The summed E-state index contributed by atoms with van der Waals surface area (Å²) in [6, 6.07) is 24.6. The molecular weight excluding hydrogens is 320 g/mol. The predicted octanol–water partition coefficient (Wildman–Crippen LogP) is 4.85. The van der Waals surface area contributed by atoms with Crippen molar-refractivity contribution < 1.29 is 0 Å². The molecule has 26 heavy (non-hydrogen) atoms. The Bertz CT molecular complexity index is 906. The van der Waals surface area contributed by atoms with Gasteiger partial charge in [-0.25, -0.2) is 0 Å². The van der Waals surface area contributed by atoms with Gasteiger partial charge < -0.3 is 10.6 Å². The minimum Gasteiger partial charge on any atom is -0.379 e. The van der Waals surface area contributed by atoms with E-state index in [0.717, 1.165) is 22.8 Å². The summed E-state index contributed by atoms with van der Waals surface area (Å²) in [6.07, 6.45) is 3.64. The number of nitrogens with zero attached hydrogens (tertiary/aromatic N) is 2. The van der Waals surface area contributed by atoms with Gasteiger partial charge in [-0.05, 0) is 41.8 Å². The summed E-state index contributed by atoms with van der Waals surface area (Å²) in [4.78, 5) is 8.77. The van der Waals surface area contributed by atoms with Crippen LogP contribution in [0.5, 0.6) is 0 Å². The van der Waals surface area contributed by atoms with Crippen molar-refractivity contribution in [1.29, 1.82) is 0 Å². The molecule has 2 aromatic carbocycles. The van der Waals surface area contributed by atoms with Crippen molar-refractivity contribution >= 4 is 22.1 Å². The Morgan fingerprint density at radius 2 is 1.12 bits per heavy atom. The molecule has 0 atom stereocenters. The van der Waals surface area contributed by atoms with Gasteiger partial charge in [0.2, 0.25) is 0 Å². The standard InChI is InChI=1S/C22H20N4/c1-3-13-23-18(9-1)15-25-20-11-5-7-17-8-6-12-21(22(17)20)26-16-19-10-2-4-14-24-19/h1-14,25-26H,15-16H2. The summed E-state index contributed by atoms with van der Waals surface area (Å²) in [5, 5.41) is 9.43. The molecule has 2 heterocycles. The molecule has 4 rings (SSSR count). The summed E-state index contributed by atoms with van der Waals surface area (Å²) < 4.78 is 0. The molecule has 0 aliphatic rings. The van der Waals surface area contributed by atoms with Gasteiger partial charge in [0, 0.05) is 29.2 Å². The van der Waals surface area contributed by atoms with Crippen molar-refractivity contribution in [2.75, 3.05) is 10.6 Å². The molecule has 0 radical (unpaired) electrons. The lowest BCUT2D eigenvalue weighted by Crippen LogP contribution is -2.05. The predicted molar refractivity (Wildman–Crippen MR) is 107 cm³/mol. The highest BCUT2D eigenvalue weighted by Crippen LogP contribution is 2.31.